The van der Waals surface area contributed by atoms with E-state index in [2.05, 4.69) is 31.1 Å². The van der Waals surface area contributed by atoms with Crippen LogP contribution in [0.3, 0.4) is 0 Å². The Bertz CT molecular complexity index is 651. The van der Waals surface area contributed by atoms with Crippen molar-refractivity contribution in [2.45, 2.75) is 39.7 Å². The standard InChI is InChI=1S/C16H20ClN3S/c1-4-18-12-6-16(2,3)7-13-11(12)8-19-15(20-13)14-5-10(17)9-21-14/h5,8-9,12,18H,4,6-7H2,1-3H3. The first-order valence-electron chi connectivity index (χ1n) is 7.32. The van der Waals surface area contributed by atoms with Gasteiger partial charge in [-0.2, -0.15) is 0 Å². The van der Waals surface area contributed by atoms with E-state index in [9.17, 15) is 0 Å². The van der Waals surface area contributed by atoms with Crippen LogP contribution in [0.15, 0.2) is 17.6 Å². The van der Waals surface area contributed by atoms with Gasteiger partial charge in [0.05, 0.1) is 9.90 Å². The molecule has 0 bridgehead atoms. The summed E-state index contributed by atoms with van der Waals surface area (Å²) in [5.74, 6) is 0.790. The highest BCUT2D eigenvalue weighted by Gasteiger charge is 2.33. The quantitative estimate of drug-likeness (QED) is 0.905. The summed E-state index contributed by atoms with van der Waals surface area (Å²) in [6.45, 7) is 7.72. The van der Waals surface area contributed by atoms with Crippen molar-refractivity contribution in [3.63, 3.8) is 0 Å². The van der Waals surface area contributed by atoms with E-state index in [-0.39, 0.29) is 5.41 Å². The van der Waals surface area contributed by atoms with Crippen LogP contribution < -0.4 is 5.32 Å². The van der Waals surface area contributed by atoms with E-state index in [1.54, 1.807) is 11.3 Å². The zero-order valence-corrected chi connectivity index (χ0v) is 14.2. The molecular formula is C16H20ClN3S. The fourth-order valence-electron chi connectivity index (χ4n) is 3.02. The molecule has 0 saturated carbocycles. The van der Waals surface area contributed by atoms with Crippen LogP contribution in [0.25, 0.3) is 10.7 Å². The zero-order chi connectivity index (χ0) is 15.0. The van der Waals surface area contributed by atoms with Crippen molar-refractivity contribution in [2.24, 2.45) is 5.41 Å². The summed E-state index contributed by atoms with van der Waals surface area (Å²) in [5, 5.41) is 6.23. The van der Waals surface area contributed by atoms with Crippen molar-refractivity contribution in [1.29, 1.82) is 0 Å². The Balaban J connectivity index is 2.00. The van der Waals surface area contributed by atoms with E-state index in [1.807, 2.05) is 17.6 Å². The third-order valence-corrected chi connectivity index (χ3v) is 5.19. The van der Waals surface area contributed by atoms with E-state index in [1.165, 1.54) is 11.3 Å². The molecule has 3 rings (SSSR count). The highest BCUT2D eigenvalue weighted by Crippen LogP contribution is 2.40. The highest BCUT2D eigenvalue weighted by molar-refractivity contribution is 7.14. The van der Waals surface area contributed by atoms with E-state index >= 15 is 0 Å². The largest absolute Gasteiger partial charge is 0.310 e. The minimum Gasteiger partial charge on any atom is -0.310 e. The van der Waals surface area contributed by atoms with Crippen molar-refractivity contribution < 1.29 is 0 Å². The van der Waals surface area contributed by atoms with Gasteiger partial charge in [-0.3, -0.25) is 0 Å². The van der Waals surface area contributed by atoms with Crippen LogP contribution in [0, 0.1) is 5.41 Å². The van der Waals surface area contributed by atoms with Gasteiger partial charge in [-0.15, -0.1) is 11.3 Å². The Morgan fingerprint density at radius 1 is 1.48 bits per heavy atom. The van der Waals surface area contributed by atoms with Gasteiger partial charge >= 0.3 is 0 Å². The molecule has 0 radical (unpaired) electrons. The maximum Gasteiger partial charge on any atom is 0.169 e. The van der Waals surface area contributed by atoms with Crippen LogP contribution in [0.2, 0.25) is 5.02 Å². The zero-order valence-electron chi connectivity index (χ0n) is 12.6. The predicted molar refractivity (Wildman–Crippen MR) is 88.9 cm³/mol. The summed E-state index contributed by atoms with van der Waals surface area (Å²) in [4.78, 5) is 10.4. The summed E-state index contributed by atoms with van der Waals surface area (Å²) in [7, 11) is 0. The number of fused-ring (bicyclic) bond motifs is 1. The molecule has 2 aromatic rings. The number of hydrogen-bond acceptors (Lipinski definition) is 4. The average Bonchev–Trinajstić information content (AvgIpc) is 2.84. The Labute approximate surface area is 134 Å². The molecule has 2 aromatic heterocycles. The van der Waals surface area contributed by atoms with Gasteiger partial charge in [-0.05, 0) is 30.9 Å². The molecule has 112 valence electrons. The minimum atomic E-state index is 0.262. The molecule has 0 aromatic carbocycles. The second-order valence-corrected chi connectivity index (χ2v) is 7.73. The molecule has 5 heteroatoms. The highest BCUT2D eigenvalue weighted by atomic mass is 35.5. The first-order valence-corrected chi connectivity index (χ1v) is 8.58. The number of nitrogens with zero attached hydrogens (tertiary/aromatic N) is 2. The van der Waals surface area contributed by atoms with Crippen LogP contribution in [-0.4, -0.2) is 16.5 Å². The number of nitrogens with one attached hydrogen (secondary N) is 1. The summed E-state index contributed by atoms with van der Waals surface area (Å²) in [6.07, 6.45) is 4.12. The summed E-state index contributed by atoms with van der Waals surface area (Å²) < 4.78 is 0. The van der Waals surface area contributed by atoms with Crippen molar-refractivity contribution in [1.82, 2.24) is 15.3 Å². The van der Waals surface area contributed by atoms with Crippen molar-refractivity contribution in [3.05, 3.63) is 33.9 Å². The van der Waals surface area contributed by atoms with Crippen molar-refractivity contribution >= 4 is 22.9 Å². The predicted octanol–water partition coefficient (Wildman–Crippen LogP) is 4.48. The molecular weight excluding hydrogens is 302 g/mol. The van der Waals surface area contributed by atoms with Gasteiger partial charge in [0.2, 0.25) is 0 Å². The molecule has 3 nitrogen and oxygen atoms in total. The van der Waals surface area contributed by atoms with Gasteiger partial charge in [0, 0.05) is 28.9 Å². The molecule has 0 aliphatic heterocycles. The fraction of sp³-hybridized carbons (Fsp3) is 0.500. The van der Waals surface area contributed by atoms with E-state index in [0.29, 0.717) is 6.04 Å². The normalized spacial score (nSPS) is 20.3. The maximum atomic E-state index is 6.01. The van der Waals surface area contributed by atoms with Crippen LogP contribution >= 0.6 is 22.9 Å². The molecule has 0 saturated heterocycles. The molecule has 1 aliphatic rings. The third kappa shape index (κ3) is 3.12. The monoisotopic (exact) mass is 321 g/mol. The molecule has 0 spiro atoms. The molecule has 1 N–H and O–H groups in total. The molecule has 1 atom stereocenters. The third-order valence-electron chi connectivity index (χ3n) is 3.92. The molecule has 1 unspecified atom stereocenters. The van der Waals surface area contributed by atoms with Gasteiger partial charge in [0.1, 0.15) is 0 Å². The maximum absolute atomic E-state index is 6.01. The molecule has 0 amide bonds. The molecule has 1 aliphatic carbocycles. The fourth-order valence-corrected chi connectivity index (χ4v) is 4.04. The first kappa shape index (κ1) is 14.9. The Hall–Kier alpha value is -0.970. The van der Waals surface area contributed by atoms with Gasteiger partial charge in [0.15, 0.2) is 5.82 Å². The molecule has 0 fully saturated rings. The number of rotatable bonds is 3. The van der Waals surface area contributed by atoms with E-state index in [0.717, 1.165) is 35.1 Å². The van der Waals surface area contributed by atoms with Crippen molar-refractivity contribution in [2.75, 3.05) is 6.54 Å². The van der Waals surface area contributed by atoms with Crippen molar-refractivity contribution in [3.8, 4) is 10.7 Å². The van der Waals surface area contributed by atoms with E-state index in [4.69, 9.17) is 16.6 Å². The van der Waals surface area contributed by atoms with Crippen LogP contribution in [0.4, 0.5) is 0 Å². The Kier molecular flexibility index (Phi) is 4.04. The van der Waals surface area contributed by atoms with E-state index < -0.39 is 0 Å². The minimum absolute atomic E-state index is 0.262. The summed E-state index contributed by atoms with van der Waals surface area (Å²) in [6, 6.07) is 2.29. The van der Waals surface area contributed by atoms with Crippen LogP contribution in [-0.2, 0) is 6.42 Å². The first-order chi connectivity index (χ1) is 9.98. The Morgan fingerprint density at radius 2 is 2.29 bits per heavy atom. The topological polar surface area (TPSA) is 37.8 Å². The summed E-state index contributed by atoms with van der Waals surface area (Å²) >= 11 is 7.60. The van der Waals surface area contributed by atoms with Gasteiger partial charge < -0.3 is 5.32 Å². The van der Waals surface area contributed by atoms with Crippen LogP contribution in [0.1, 0.15) is 44.5 Å². The molecule has 2 heterocycles. The number of halogens is 1. The summed E-state index contributed by atoms with van der Waals surface area (Å²) in [5.41, 5.74) is 2.69. The number of aromatic nitrogens is 2. The van der Waals surface area contributed by atoms with Gasteiger partial charge in [0.25, 0.3) is 0 Å². The lowest BCUT2D eigenvalue weighted by Crippen LogP contribution is -2.34. The average molecular weight is 322 g/mol. The second-order valence-electron chi connectivity index (χ2n) is 6.38. The van der Waals surface area contributed by atoms with Crippen LogP contribution in [0.5, 0.6) is 0 Å². The lowest BCUT2D eigenvalue weighted by molar-refractivity contribution is 0.255. The lowest BCUT2D eigenvalue weighted by atomic mass is 9.74. The lowest BCUT2D eigenvalue weighted by Gasteiger charge is -2.36. The SMILES string of the molecule is CCNC1CC(C)(C)Cc2nc(-c3cc(Cl)cs3)ncc21. The smallest absolute Gasteiger partial charge is 0.169 e. The Morgan fingerprint density at radius 3 is 2.95 bits per heavy atom. The molecule has 21 heavy (non-hydrogen) atoms. The van der Waals surface area contributed by atoms with Gasteiger partial charge in [-0.1, -0.05) is 32.4 Å². The second kappa shape index (κ2) is 5.67. The number of hydrogen-bond donors (Lipinski definition) is 1. The van der Waals surface area contributed by atoms with Gasteiger partial charge in [-0.25, -0.2) is 9.97 Å². The number of thiophene rings is 1.